The highest BCUT2D eigenvalue weighted by Gasteiger charge is 2.28. The molecular formula is C19H26N6O. The largest absolute Gasteiger partial charge is 0.324 e. The number of hydrogen-bond acceptors (Lipinski definition) is 4. The van der Waals surface area contributed by atoms with E-state index in [1.807, 2.05) is 29.2 Å². The Morgan fingerprint density at radius 2 is 1.77 bits per heavy atom. The molecule has 138 valence electrons. The predicted molar refractivity (Wildman–Crippen MR) is 100 cm³/mol. The number of hydrogen-bond donors (Lipinski definition) is 1. The van der Waals surface area contributed by atoms with Gasteiger partial charge in [0.15, 0.2) is 0 Å². The summed E-state index contributed by atoms with van der Waals surface area (Å²) in [6, 6.07) is 7.57. The third-order valence-corrected chi connectivity index (χ3v) is 5.31. The Morgan fingerprint density at radius 3 is 2.50 bits per heavy atom. The summed E-state index contributed by atoms with van der Waals surface area (Å²) in [5.74, 6) is 0.604. The van der Waals surface area contributed by atoms with E-state index in [0.29, 0.717) is 5.92 Å². The van der Waals surface area contributed by atoms with Crippen LogP contribution in [0.2, 0.25) is 0 Å². The maximum Gasteiger partial charge on any atom is 0.321 e. The SMILES string of the molecule is O=C(Nc1ccc(-n2nccn2)cc1)N1CC[C@@H](CN2CCCCC2)C1. The zero-order valence-corrected chi connectivity index (χ0v) is 15.0. The van der Waals surface area contributed by atoms with Crippen molar-refractivity contribution in [1.82, 2.24) is 24.8 Å². The van der Waals surface area contributed by atoms with Gasteiger partial charge in [0.1, 0.15) is 0 Å². The smallest absolute Gasteiger partial charge is 0.321 e. The third-order valence-electron chi connectivity index (χ3n) is 5.31. The van der Waals surface area contributed by atoms with Crippen molar-refractivity contribution in [3.05, 3.63) is 36.7 Å². The molecule has 3 heterocycles. The second-order valence-electron chi connectivity index (χ2n) is 7.26. The number of carbonyl (C=O) groups is 1. The highest BCUT2D eigenvalue weighted by molar-refractivity contribution is 5.89. The fourth-order valence-electron chi connectivity index (χ4n) is 3.90. The first kappa shape index (κ1) is 17.0. The lowest BCUT2D eigenvalue weighted by Gasteiger charge is -2.29. The molecular weight excluding hydrogens is 328 g/mol. The fraction of sp³-hybridized carbons (Fsp3) is 0.526. The number of benzene rings is 1. The first-order valence-electron chi connectivity index (χ1n) is 9.53. The van der Waals surface area contributed by atoms with Crippen molar-refractivity contribution in [2.75, 3.05) is 38.0 Å². The Morgan fingerprint density at radius 1 is 1.04 bits per heavy atom. The Labute approximate surface area is 154 Å². The number of aromatic nitrogens is 3. The second-order valence-corrected chi connectivity index (χ2v) is 7.26. The number of urea groups is 1. The monoisotopic (exact) mass is 354 g/mol. The van der Waals surface area contributed by atoms with Gasteiger partial charge in [-0.05, 0) is 62.5 Å². The maximum absolute atomic E-state index is 12.5. The van der Waals surface area contributed by atoms with Crippen molar-refractivity contribution in [3.63, 3.8) is 0 Å². The van der Waals surface area contributed by atoms with Gasteiger partial charge in [-0.2, -0.15) is 15.0 Å². The summed E-state index contributed by atoms with van der Waals surface area (Å²) in [4.78, 5) is 18.6. The quantitative estimate of drug-likeness (QED) is 0.916. The Kier molecular flexibility index (Phi) is 5.15. The van der Waals surface area contributed by atoms with Crippen LogP contribution in [0.4, 0.5) is 10.5 Å². The molecule has 0 radical (unpaired) electrons. The molecule has 0 aliphatic carbocycles. The molecule has 7 nitrogen and oxygen atoms in total. The zero-order chi connectivity index (χ0) is 17.8. The Hall–Kier alpha value is -2.41. The molecule has 2 fully saturated rings. The summed E-state index contributed by atoms with van der Waals surface area (Å²) < 4.78 is 0. The van der Waals surface area contributed by atoms with Gasteiger partial charge < -0.3 is 15.1 Å². The van der Waals surface area contributed by atoms with Crippen LogP contribution in [0.3, 0.4) is 0 Å². The molecule has 1 atom stereocenters. The molecule has 2 amide bonds. The molecule has 2 saturated heterocycles. The lowest BCUT2D eigenvalue weighted by molar-refractivity contribution is 0.192. The summed E-state index contributed by atoms with van der Waals surface area (Å²) in [6.07, 6.45) is 8.40. The van der Waals surface area contributed by atoms with E-state index in [-0.39, 0.29) is 6.03 Å². The van der Waals surface area contributed by atoms with E-state index in [1.54, 1.807) is 17.2 Å². The molecule has 0 saturated carbocycles. The number of nitrogens with zero attached hydrogens (tertiary/aromatic N) is 5. The number of likely N-dealkylation sites (tertiary alicyclic amines) is 2. The van der Waals surface area contributed by atoms with E-state index in [0.717, 1.165) is 37.4 Å². The minimum Gasteiger partial charge on any atom is -0.324 e. The molecule has 0 bridgehead atoms. The lowest BCUT2D eigenvalue weighted by atomic mass is 10.1. The summed E-state index contributed by atoms with van der Waals surface area (Å²) in [5.41, 5.74) is 1.67. The summed E-state index contributed by atoms with van der Waals surface area (Å²) in [7, 11) is 0. The number of rotatable bonds is 4. The van der Waals surface area contributed by atoms with Gasteiger partial charge >= 0.3 is 6.03 Å². The zero-order valence-electron chi connectivity index (χ0n) is 15.0. The van der Waals surface area contributed by atoms with Gasteiger partial charge in [0.2, 0.25) is 0 Å². The molecule has 2 aliphatic rings. The minimum absolute atomic E-state index is 0.00360. The van der Waals surface area contributed by atoms with Crippen LogP contribution in [-0.2, 0) is 0 Å². The molecule has 1 N–H and O–H groups in total. The van der Waals surface area contributed by atoms with Crippen molar-refractivity contribution >= 4 is 11.7 Å². The highest BCUT2D eigenvalue weighted by Crippen LogP contribution is 2.21. The fourth-order valence-corrected chi connectivity index (χ4v) is 3.90. The standard InChI is InChI=1S/C19H26N6O/c26-19(22-17-4-6-18(7-5-17)25-20-9-10-21-25)24-13-8-16(15-24)14-23-11-2-1-3-12-23/h4-7,9-10,16H,1-3,8,11-15H2,(H,22,26)/t16-/m0/s1. The van der Waals surface area contributed by atoms with Gasteiger partial charge in [-0.25, -0.2) is 4.79 Å². The van der Waals surface area contributed by atoms with E-state index >= 15 is 0 Å². The van der Waals surface area contributed by atoms with Crippen molar-refractivity contribution in [3.8, 4) is 5.69 Å². The van der Waals surface area contributed by atoms with Crippen LogP contribution >= 0.6 is 0 Å². The van der Waals surface area contributed by atoms with Crippen LogP contribution in [0.25, 0.3) is 5.69 Å². The van der Waals surface area contributed by atoms with Crippen LogP contribution in [-0.4, -0.2) is 63.5 Å². The summed E-state index contributed by atoms with van der Waals surface area (Å²) in [5, 5.41) is 11.2. The van der Waals surface area contributed by atoms with E-state index in [1.165, 1.54) is 32.4 Å². The number of carbonyl (C=O) groups excluding carboxylic acids is 1. The van der Waals surface area contributed by atoms with Gasteiger partial charge in [0.05, 0.1) is 18.1 Å². The number of anilines is 1. The minimum atomic E-state index is -0.00360. The summed E-state index contributed by atoms with van der Waals surface area (Å²) in [6.45, 7) is 5.28. The normalized spacial score (nSPS) is 21.1. The van der Waals surface area contributed by atoms with E-state index < -0.39 is 0 Å². The van der Waals surface area contributed by atoms with Crippen LogP contribution < -0.4 is 5.32 Å². The molecule has 4 rings (SSSR count). The average Bonchev–Trinajstić information content (AvgIpc) is 3.35. The van der Waals surface area contributed by atoms with Crippen molar-refractivity contribution in [2.45, 2.75) is 25.7 Å². The maximum atomic E-state index is 12.5. The number of nitrogens with one attached hydrogen (secondary N) is 1. The number of amides is 2. The second kappa shape index (κ2) is 7.86. The van der Waals surface area contributed by atoms with Gasteiger partial charge in [-0.1, -0.05) is 6.42 Å². The van der Waals surface area contributed by atoms with Gasteiger partial charge in [-0.3, -0.25) is 0 Å². The molecule has 1 aromatic carbocycles. The molecule has 2 aromatic rings. The molecule has 0 spiro atoms. The van der Waals surface area contributed by atoms with E-state index in [9.17, 15) is 4.79 Å². The van der Waals surface area contributed by atoms with E-state index in [2.05, 4.69) is 20.4 Å². The van der Waals surface area contributed by atoms with Crippen LogP contribution in [0.1, 0.15) is 25.7 Å². The Bertz CT molecular complexity index is 708. The van der Waals surface area contributed by atoms with Crippen LogP contribution in [0.5, 0.6) is 0 Å². The highest BCUT2D eigenvalue weighted by atomic mass is 16.2. The van der Waals surface area contributed by atoms with Crippen LogP contribution in [0, 0.1) is 5.92 Å². The Balaban J connectivity index is 1.28. The third kappa shape index (κ3) is 4.04. The van der Waals surface area contributed by atoms with E-state index in [4.69, 9.17) is 0 Å². The molecule has 7 heteroatoms. The molecule has 1 aromatic heterocycles. The van der Waals surface area contributed by atoms with Gasteiger partial charge in [0, 0.05) is 25.3 Å². The van der Waals surface area contributed by atoms with Gasteiger partial charge in [0.25, 0.3) is 0 Å². The predicted octanol–water partition coefficient (Wildman–Crippen LogP) is 2.61. The van der Waals surface area contributed by atoms with Gasteiger partial charge in [-0.15, -0.1) is 0 Å². The first-order chi connectivity index (χ1) is 12.8. The first-order valence-corrected chi connectivity index (χ1v) is 9.53. The number of piperidine rings is 1. The molecule has 0 unspecified atom stereocenters. The average molecular weight is 354 g/mol. The van der Waals surface area contributed by atoms with Crippen molar-refractivity contribution < 1.29 is 4.79 Å². The lowest BCUT2D eigenvalue weighted by Crippen LogP contribution is -2.37. The summed E-state index contributed by atoms with van der Waals surface area (Å²) >= 11 is 0. The molecule has 2 aliphatic heterocycles. The van der Waals surface area contributed by atoms with Crippen LogP contribution in [0.15, 0.2) is 36.7 Å². The topological polar surface area (TPSA) is 66.3 Å². The molecule has 26 heavy (non-hydrogen) atoms. The van der Waals surface area contributed by atoms with Crippen molar-refractivity contribution in [2.24, 2.45) is 5.92 Å². The van der Waals surface area contributed by atoms with Crippen molar-refractivity contribution in [1.29, 1.82) is 0 Å².